The number of likely N-dealkylation sites (tertiary alicyclic amines) is 1. The lowest BCUT2D eigenvalue weighted by Crippen LogP contribution is -2.46. The van der Waals surface area contributed by atoms with Gasteiger partial charge in [-0.25, -0.2) is 4.79 Å². The van der Waals surface area contributed by atoms with Crippen LogP contribution in [-0.4, -0.2) is 35.8 Å². The first-order valence-corrected chi connectivity index (χ1v) is 6.62. The molecule has 5 heteroatoms. The van der Waals surface area contributed by atoms with E-state index in [9.17, 15) is 4.79 Å². The summed E-state index contributed by atoms with van der Waals surface area (Å²) in [5.74, 6) is 1.09. The van der Waals surface area contributed by atoms with E-state index in [4.69, 9.17) is 17.0 Å². The van der Waals surface area contributed by atoms with E-state index in [0.29, 0.717) is 17.6 Å². The molecule has 0 unspecified atom stereocenters. The Labute approximate surface area is 109 Å². The van der Waals surface area contributed by atoms with Crippen molar-refractivity contribution in [1.29, 1.82) is 0 Å². The van der Waals surface area contributed by atoms with Gasteiger partial charge in [0, 0.05) is 13.1 Å². The summed E-state index contributed by atoms with van der Waals surface area (Å²) in [5.41, 5.74) is 0. The predicted molar refractivity (Wildman–Crippen MR) is 71.9 cm³/mol. The quantitative estimate of drug-likeness (QED) is 0.772. The van der Waals surface area contributed by atoms with Crippen molar-refractivity contribution in [2.24, 2.45) is 11.8 Å². The minimum atomic E-state index is -0.442. The van der Waals surface area contributed by atoms with Gasteiger partial charge in [0.05, 0.1) is 6.61 Å². The Morgan fingerprint density at radius 1 is 1.47 bits per heavy atom. The Morgan fingerprint density at radius 2 is 2.06 bits per heavy atom. The van der Waals surface area contributed by atoms with Gasteiger partial charge in [0.15, 0.2) is 5.11 Å². The standard InChI is InChI=1S/C12H22N2O2S/c1-9(2)8-16-12(15)13-11(17)14-6-4-10(3)5-7-14/h9-10H,4-8H2,1-3H3,(H,13,15,17). The van der Waals surface area contributed by atoms with Crippen molar-refractivity contribution in [3.8, 4) is 0 Å². The molecule has 0 radical (unpaired) electrons. The molecule has 17 heavy (non-hydrogen) atoms. The van der Waals surface area contributed by atoms with Crippen LogP contribution in [0.4, 0.5) is 4.79 Å². The Morgan fingerprint density at radius 3 is 2.59 bits per heavy atom. The van der Waals surface area contributed by atoms with Gasteiger partial charge in [-0.3, -0.25) is 5.32 Å². The first-order valence-electron chi connectivity index (χ1n) is 6.21. The van der Waals surface area contributed by atoms with E-state index in [1.807, 2.05) is 18.7 Å². The van der Waals surface area contributed by atoms with Crippen molar-refractivity contribution in [2.75, 3.05) is 19.7 Å². The molecule has 0 saturated carbocycles. The second-order valence-electron chi connectivity index (χ2n) is 5.09. The molecule has 0 bridgehead atoms. The van der Waals surface area contributed by atoms with E-state index >= 15 is 0 Å². The molecule has 1 fully saturated rings. The topological polar surface area (TPSA) is 41.6 Å². The number of amides is 1. The molecule has 0 aromatic heterocycles. The van der Waals surface area contributed by atoms with E-state index in [-0.39, 0.29) is 0 Å². The van der Waals surface area contributed by atoms with Crippen molar-refractivity contribution in [2.45, 2.75) is 33.6 Å². The maximum absolute atomic E-state index is 11.4. The highest BCUT2D eigenvalue weighted by atomic mass is 32.1. The van der Waals surface area contributed by atoms with Gasteiger partial charge in [-0.05, 0) is 36.9 Å². The Bertz CT molecular complexity index is 274. The molecule has 0 spiro atoms. The first kappa shape index (κ1) is 14.2. The van der Waals surface area contributed by atoms with E-state index in [1.165, 1.54) is 0 Å². The number of alkyl carbamates (subject to hydrolysis) is 1. The van der Waals surface area contributed by atoms with Crippen LogP contribution in [0, 0.1) is 11.8 Å². The van der Waals surface area contributed by atoms with Crippen molar-refractivity contribution in [1.82, 2.24) is 10.2 Å². The number of nitrogens with one attached hydrogen (secondary N) is 1. The van der Waals surface area contributed by atoms with Crippen LogP contribution in [0.25, 0.3) is 0 Å². The average molecular weight is 258 g/mol. The van der Waals surface area contributed by atoms with Crippen LogP contribution >= 0.6 is 12.2 Å². The molecule has 4 nitrogen and oxygen atoms in total. The first-order chi connectivity index (χ1) is 7.99. The second-order valence-corrected chi connectivity index (χ2v) is 5.48. The minimum absolute atomic E-state index is 0.338. The summed E-state index contributed by atoms with van der Waals surface area (Å²) >= 11 is 5.18. The number of ether oxygens (including phenoxy) is 1. The van der Waals surface area contributed by atoms with Crippen LogP contribution in [-0.2, 0) is 4.74 Å². The molecule has 0 aromatic carbocycles. The highest BCUT2D eigenvalue weighted by molar-refractivity contribution is 7.80. The second kappa shape index (κ2) is 6.79. The number of hydrogen-bond acceptors (Lipinski definition) is 3. The zero-order valence-electron chi connectivity index (χ0n) is 10.9. The fourth-order valence-corrected chi connectivity index (χ4v) is 1.92. The summed E-state index contributed by atoms with van der Waals surface area (Å²) in [6.07, 6.45) is 1.81. The van der Waals surface area contributed by atoms with Crippen LogP contribution in [0.5, 0.6) is 0 Å². The van der Waals surface area contributed by atoms with Gasteiger partial charge in [0.2, 0.25) is 0 Å². The Kier molecular flexibility index (Phi) is 5.68. The molecule has 1 aliphatic heterocycles. The lowest BCUT2D eigenvalue weighted by Gasteiger charge is -2.31. The molecule has 0 aliphatic carbocycles. The molecule has 1 rings (SSSR count). The number of hydrogen-bond donors (Lipinski definition) is 1. The number of piperidine rings is 1. The van der Waals surface area contributed by atoms with Crippen molar-refractivity contribution in [3.63, 3.8) is 0 Å². The van der Waals surface area contributed by atoms with E-state index < -0.39 is 6.09 Å². The third kappa shape index (κ3) is 5.35. The van der Waals surface area contributed by atoms with Gasteiger partial charge < -0.3 is 9.64 Å². The zero-order valence-corrected chi connectivity index (χ0v) is 11.7. The molecule has 1 heterocycles. The summed E-state index contributed by atoms with van der Waals surface area (Å²) < 4.78 is 5.02. The summed E-state index contributed by atoms with van der Waals surface area (Å²) in [6.45, 7) is 8.50. The predicted octanol–water partition coefficient (Wildman–Crippen LogP) is 2.39. The maximum atomic E-state index is 11.4. The average Bonchev–Trinajstić information content (AvgIpc) is 2.27. The third-order valence-electron chi connectivity index (χ3n) is 2.83. The molecule has 0 aromatic rings. The number of rotatable bonds is 2. The van der Waals surface area contributed by atoms with E-state index in [0.717, 1.165) is 31.8 Å². The molecule has 1 aliphatic rings. The lowest BCUT2D eigenvalue weighted by atomic mass is 10.00. The highest BCUT2D eigenvalue weighted by Gasteiger charge is 2.19. The number of nitrogens with zero attached hydrogens (tertiary/aromatic N) is 1. The van der Waals surface area contributed by atoms with Gasteiger partial charge in [-0.15, -0.1) is 0 Å². The van der Waals surface area contributed by atoms with Crippen LogP contribution in [0.1, 0.15) is 33.6 Å². The number of carbonyl (C=O) groups excluding carboxylic acids is 1. The number of thiocarbonyl (C=S) groups is 1. The van der Waals surface area contributed by atoms with Gasteiger partial charge in [0.25, 0.3) is 0 Å². The third-order valence-corrected chi connectivity index (χ3v) is 3.19. The molecular weight excluding hydrogens is 236 g/mol. The normalized spacial score (nSPS) is 17.1. The van der Waals surface area contributed by atoms with Crippen LogP contribution in [0.15, 0.2) is 0 Å². The zero-order chi connectivity index (χ0) is 12.8. The summed E-state index contributed by atoms with van der Waals surface area (Å²) in [4.78, 5) is 13.5. The Hall–Kier alpha value is -0.840. The van der Waals surface area contributed by atoms with E-state index in [1.54, 1.807) is 0 Å². The van der Waals surface area contributed by atoms with Crippen molar-refractivity contribution < 1.29 is 9.53 Å². The molecule has 98 valence electrons. The van der Waals surface area contributed by atoms with Gasteiger partial charge in [-0.2, -0.15) is 0 Å². The van der Waals surface area contributed by atoms with Crippen LogP contribution in [0.3, 0.4) is 0 Å². The SMILES string of the molecule is CC(C)COC(=O)NC(=S)N1CCC(C)CC1. The fraction of sp³-hybridized carbons (Fsp3) is 0.833. The maximum Gasteiger partial charge on any atom is 0.413 e. The molecular formula is C12H22N2O2S. The summed E-state index contributed by atoms with van der Waals surface area (Å²) in [6, 6.07) is 0. The van der Waals surface area contributed by atoms with Gasteiger partial charge >= 0.3 is 6.09 Å². The molecule has 0 atom stereocenters. The molecule has 1 amide bonds. The smallest absolute Gasteiger partial charge is 0.413 e. The van der Waals surface area contributed by atoms with Gasteiger partial charge in [0.1, 0.15) is 0 Å². The molecule has 1 N–H and O–H groups in total. The fourth-order valence-electron chi connectivity index (χ4n) is 1.66. The van der Waals surface area contributed by atoms with Crippen LogP contribution in [0.2, 0.25) is 0 Å². The number of carbonyl (C=O) groups is 1. The Balaban J connectivity index is 2.26. The van der Waals surface area contributed by atoms with Gasteiger partial charge in [-0.1, -0.05) is 20.8 Å². The molecule has 1 saturated heterocycles. The monoisotopic (exact) mass is 258 g/mol. The lowest BCUT2D eigenvalue weighted by molar-refractivity contribution is 0.136. The minimum Gasteiger partial charge on any atom is -0.449 e. The highest BCUT2D eigenvalue weighted by Crippen LogP contribution is 2.15. The van der Waals surface area contributed by atoms with Crippen molar-refractivity contribution in [3.05, 3.63) is 0 Å². The van der Waals surface area contributed by atoms with E-state index in [2.05, 4.69) is 12.2 Å². The van der Waals surface area contributed by atoms with Crippen molar-refractivity contribution >= 4 is 23.4 Å². The summed E-state index contributed by atoms with van der Waals surface area (Å²) in [5, 5.41) is 3.11. The summed E-state index contributed by atoms with van der Waals surface area (Å²) in [7, 11) is 0. The largest absolute Gasteiger partial charge is 0.449 e. The van der Waals surface area contributed by atoms with Crippen LogP contribution < -0.4 is 5.32 Å².